The van der Waals surface area contributed by atoms with Gasteiger partial charge in [0.1, 0.15) is 0 Å². The predicted octanol–water partition coefficient (Wildman–Crippen LogP) is 0.790. The molecule has 5 nitrogen and oxygen atoms in total. The molecule has 4 N–H and O–H groups in total. The van der Waals surface area contributed by atoms with Crippen LogP contribution in [0.2, 0.25) is 0 Å². The van der Waals surface area contributed by atoms with E-state index in [0.29, 0.717) is 18.7 Å². The minimum absolute atomic E-state index is 0.00407. The van der Waals surface area contributed by atoms with Gasteiger partial charge < -0.3 is 16.4 Å². The SMILES string of the molecule is CCCNC(=O)C(C)NCc1ccc(C(N)=O)cc1. The van der Waals surface area contributed by atoms with Crippen LogP contribution in [-0.2, 0) is 11.3 Å². The minimum atomic E-state index is -0.438. The van der Waals surface area contributed by atoms with E-state index in [9.17, 15) is 9.59 Å². The highest BCUT2D eigenvalue weighted by Crippen LogP contribution is 2.03. The molecule has 0 fully saturated rings. The van der Waals surface area contributed by atoms with Gasteiger partial charge in [-0.25, -0.2) is 0 Å². The minimum Gasteiger partial charge on any atom is -0.366 e. The predicted molar refractivity (Wildman–Crippen MR) is 74.6 cm³/mol. The third-order valence-corrected chi connectivity index (χ3v) is 2.79. The van der Waals surface area contributed by atoms with Crippen molar-refractivity contribution in [1.29, 1.82) is 0 Å². The van der Waals surface area contributed by atoms with Crippen LogP contribution in [0.1, 0.15) is 36.2 Å². The van der Waals surface area contributed by atoms with Crippen LogP contribution in [0.15, 0.2) is 24.3 Å². The van der Waals surface area contributed by atoms with Gasteiger partial charge in [-0.2, -0.15) is 0 Å². The Hall–Kier alpha value is -1.88. The van der Waals surface area contributed by atoms with E-state index in [-0.39, 0.29) is 11.9 Å². The van der Waals surface area contributed by atoms with Crippen molar-refractivity contribution >= 4 is 11.8 Å². The van der Waals surface area contributed by atoms with Gasteiger partial charge in [-0.3, -0.25) is 9.59 Å². The highest BCUT2D eigenvalue weighted by Gasteiger charge is 2.10. The highest BCUT2D eigenvalue weighted by molar-refractivity contribution is 5.92. The van der Waals surface area contributed by atoms with Gasteiger partial charge in [-0.1, -0.05) is 19.1 Å². The summed E-state index contributed by atoms with van der Waals surface area (Å²) in [6.07, 6.45) is 0.924. The van der Waals surface area contributed by atoms with Crippen LogP contribution in [0.4, 0.5) is 0 Å². The average molecular weight is 263 g/mol. The molecule has 0 aliphatic rings. The zero-order chi connectivity index (χ0) is 14.3. The molecule has 1 rings (SSSR count). The van der Waals surface area contributed by atoms with Gasteiger partial charge in [0.2, 0.25) is 11.8 Å². The zero-order valence-corrected chi connectivity index (χ0v) is 11.4. The number of rotatable bonds is 7. The molecule has 1 unspecified atom stereocenters. The number of nitrogens with two attached hydrogens (primary N) is 1. The number of nitrogens with one attached hydrogen (secondary N) is 2. The van der Waals surface area contributed by atoms with Crippen LogP contribution in [-0.4, -0.2) is 24.4 Å². The number of carbonyl (C=O) groups excluding carboxylic acids is 2. The molecular weight excluding hydrogens is 242 g/mol. The quantitative estimate of drug-likeness (QED) is 0.680. The van der Waals surface area contributed by atoms with Crippen molar-refractivity contribution in [2.75, 3.05) is 6.54 Å². The maximum atomic E-state index is 11.6. The first kappa shape index (κ1) is 15.2. The fourth-order valence-corrected chi connectivity index (χ4v) is 1.55. The van der Waals surface area contributed by atoms with Crippen molar-refractivity contribution in [2.45, 2.75) is 32.9 Å². The molecule has 0 radical (unpaired) electrons. The van der Waals surface area contributed by atoms with Crippen LogP contribution < -0.4 is 16.4 Å². The molecule has 1 aromatic carbocycles. The molecule has 0 saturated heterocycles. The summed E-state index contributed by atoms with van der Waals surface area (Å²) in [4.78, 5) is 22.6. The normalized spacial score (nSPS) is 11.9. The maximum absolute atomic E-state index is 11.6. The van der Waals surface area contributed by atoms with Crippen molar-refractivity contribution < 1.29 is 9.59 Å². The van der Waals surface area contributed by atoms with E-state index in [1.807, 2.05) is 26.0 Å². The smallest absolute Gasteiger partial charge is 0.248 e. The number of hydrogen-bond donors (Lipinski definition) is 3. The van der Waals surface area contributed by atoms with E-state index >= 15 is 0 Å². The van der Waals surface area contributed by atoms with Crippen LogP contribution in [0.5, 0.6) is 0 Å². The maximum Gasteiger partial charge on any atom is 0.248 e. The van der Waals surface area contributed by atoms with Gasteiger partial charge in [0, 0.05) is 18.7 Å². The van der Waals surface area contributed by atoms with Crippen molar-refractivity contribution in [1.82, 2.24) is 10.6 Å². The van der Waals surface area contributed by atoms with Gasteiger partial charge in [0.05, 0.1) is 6.04 Å². The second kappa shape index (κ2) is 7.53. The highest BCUT2D eigenvalue weighted by atomic mass is 16.2. The fourth-order valence-electron chi connectivity index (χ4n) is 1.55. The Kier molecular flexibility index (Phi) is 6.02. The third-order valence-electron chi connectivity index (χ3n) is 2.79. The topological polar surface area (TPSA) is 84.2 Å². The molecule has 0 spiro atoms. The largest absolute Gasteiger partial charge is 0.366 e. The Morgan fingerprint density at radius 2 is 1.89 bits per heavy atom. The first-order valence-electron chi connectivity index (χ1n) is 6.44. The summed E-state index contributed by atoms with van der Waals surface area (Å²) in [5, 5.41) is 5.96. The van der Waals surface area contributed by atoms with Crippen molar-refractivity contribution in [2.24, 2.45) is 5.73 Å². The molecule has 0 aliphatic heterocycles. The molecule has 19 heavy (non-hydrogen) atoms. The molecule has 1 aromatic rings. The molecule has 5 heteroatoms. The third kappa shape index (κ3) is 5.09. The summed E-state index contributed by atoms with van der Waals surface area (Å²) < 4.78 is 0. The Morgan fingerprint density at radius 3 is 2.42 bits per heavy atom. The molecule has 104 valence electrons. The number of hydrogen-bond acceptors (Lipinski definition) is 3. The zero-order valence-electron chi connectivity index (χ0n) is 11.4. The second-order valence-corrected chi connectivity index (χ2v) is 4.45. The number of benzene rings is 1. The number of primary amides is 1. The molecule has 0 aromatic heterocycles. The van der Waals surface area contributed by atoms with Gasteiger partial charge in [0.25, 0.3) is 0 Å². The van der Waals surface area contributed by atoms with Crippen LogP contribution in [0, 0.1) is 0 Å². The van der Waals surface area contributed by atoms with Crippen LogP contribution >= 0.6 is 0 Å². The van der Waals surface area contributed by atoms with E-state index in [4.69, 9.17) is 5.73 Å². The summed E-state index contributed by atoms with van der Waals surface area (Å²) in [5.41, 5.74) is 6.65. The lowest BCUT2D eigenvalue weighted by Crippen LogP contribution is -2.42. The molecule has 2 amide bonds. The Morgan fingerprint density at radius 1 is 1.26 bits per heavy atom. The van der Waals surface area contributed by atoms with Gasteiger partial charge in [0.15, 0.2) is 0 Å². The Bertz CT molecular complexity index is 429. The molecule has 0 saturated carbocycles. The first-order valence-corrected chi connectivity index (χ1v) is 6.44. The summed E-state index contributed by atoms with van der Waals surface area (Å²) in [6, 6.07) is 6.76. The summed E-state index contributed by atoms with van der Waals surface area (Å²) in [7, 11) is 0. The standard InChI is InChI=1S/C14H21N3O2/c1-3-8-16-14(19)10(2)17-9-11-4-6-12(7-5-11)13(15)18/h4-7,10,17H,3,8-9H2,1-2H3,(H2,15,18)(H,16,19). The number of amides is 2. The van der Waals surface area contributed by atoms with E-state index < -0.39 is 5.91 Å². The van der Waals surface area contributed by atoms with Crippen molar-refractivity contribution in [3.8, 4) is 0 Å². The molecule has 0 heterocycles. The van der Waals surface area contributed by atoms with Crippen LogP contribution in [0.3, 0.4) is 0 Å². The average Bonchev–Trinajstić information content (AvgIpc) is 2.42. The van der Waals surface area contributed by atoms with Gasteiger partial charge in [-0.05, 0) is 31.0 Å². The molecule has 0 aliphatic carbocycles. The Balaban J connectivity index is 2.43. The van der Waals surface area contributed by atoms with Gasteiger partial charge >= 0.3 is 0 Å². The number of carbonyl (C=O) groups is 2. The van der Waals surface area contributed by atoms with E-state index in [0.717, 1.165) is 12.0 Å². The van der Waals surface area contributed by atoms with E-state index in [1.165, 1.54) is 0 Å². The van der Waals surface area contributed by atoms with Gasteiger partial charge in [-0.15, -0.1) is 0 Å². The summed E-state index contributed by atoms with van der Waals surface area (Å²) >= 11 is 0. The first-order chi connectivity index (χ1) is 9.04. The monoisotopic (exact) mass is 263 g/mol. The summed E-state index contributed by atoms with van der Waals surface area (Å²) in [5.74, 6) is -0.442. The summed E-state index contributed by atoms with van der Waals surface area (Å²) in [6.45, 7) is 5.10. The lowest BCUT2D eigenvalue weighted by molar-refractivity contribution is -0.122. The van der Waals surface area contributed by atoms with E-state index in [1.54, 1.807) is 12.1 Å². The lowest BCUT2D eigenvalue weighted by Gasteiger charge is -2.13. The van der Waals surface area contributed by atoms with Crippen LogP contribution in [0.25, 0.3) is 0 Å². The fraction of sp³-hybridized carbons (Fsp3) is 0.429. The van der Waals surface area contributed by atoms with Crippen molar-refractivity contribution in [3.63, 3.8) is 0 Å². The molecule has 1 atom stereocenters. The Labute approximate surface area is 113 Å². The second-order valence-electron chi connectivity index (χ2n) is 4.45. The lowest BCUT2D eigenvalue weighted by atomic mass is 10.1. The van der Waals surface area contributed by atoms with E-state index in [2.05, 4.69) is 10.6 Å². The molecule has 0 bridgehead atoms. The van der Waals surface area contributed by atoms with Crippen molar-refractivity contribution in [3.05, 3.63) is 35.4 Å². The molecular formula is C14H21N3O2.